The number of furan rings is 1. The smallest absolute Gasteiger partial charge is 0.417 e. The van der Waals surface area contributed by atoms with E-state index >= 15 is 0 Å². The summed E-state index contributed by atoms with van der Waals surface area (Å²) in [5, 5.41) is 3.08. The van der Waals surface area contributed by atoms with Crippen LogP contribution in [0.1, 0.15) is 11.4 Å². The maximum absolute atomic E-state index is 12.8. The monoisotopic (exact) mass is 345 g/mol. The minimum Gasteiger partial charge on any atom is -0.472 e. The molecule has 0 aliphatic rings. The van der Waals surface area contributed by atoms with Crippen molar-refractivity contribution in [3.63, 3.8) is 0 Å². The van der Waals surface area contributed by atoms with Crippen LogP contribution in [0.25, 0.3) is 11.5 Å². The Morgan fingerprint density at radius 1 is 1.35 bits per heavy atom. The van der Waals surface area contributed by atoms with Crippen molar-refractivity contribution in [3.05, 3.63) is 57.6 Å². The van der Waals surface area contributed by atoms with Crippen molar-refractivity contribution in [2.24, 2.45) is 0 Å². The molecule has 0 bridgehead atoms. The molecule has 3 aromatic rings. The van der Waals surface area contributed by atoms with Gasteiger partial charge in [0, 0.05) is 6.20 Å². The van der Waals surface area contributed by atoms with E-state index in [0.717, 1.165) is 4.57 Å². The van der Waals surface area contributed by atoms with E-state index in [-0.39, 0.29) is 18.3 Å². The highest BCUT2D eigenvalue weighted by molar-refractivity contribution is 6.30. The molecule has 120 valence electrons. The van der Waals surface area contributed by atoms with Crippen molar-refractivity contribution in [1.29, 1.82) is 0 Å². The molecule has 0 unspecified atom stereocenters. The number of hydrogen-bond donors (Lipinski definition) is 0. The van der Waals surface area contributed by atoms with Gasteiger partial charge >= 0.3 is 6.18 Å². The predicted molar refractivity (Wildman–Crippen MR) is 71.8 cm³/mol. The van der Waals surface area contributed by atoms with Crippen molar-refractivity contribution < 1.29 is 22.1 Å². The summed E-state index contributed by atoms with van der Waals surface area (Å²) in [6.07, 6.45) is -1.21. The normalized spacial score (nSPS) is 11.8. The second-order valence-electron chi connectivity index (χ2n) is 4.54. The van der Waals surface area contributed by atoms with E-state index in [2.05, 4.69) is 10.1 Å². The van der Waals surface area contributed by atoms with Crippen LogP contribution in [0.2, 0.25) is 5.02 Å². The molecule has 10 heteroatoms. The van der Waals surface area contributed by atoms with Gasteiger partial charge < -0.3 is 13.5 Å². The fourth-order valence-electron chi connectivity index (χ4n) is 1.85. The third kappa shape index (κ3) is 3.14. The maximum atomic E-state index is 12.8. The van der Waals surface area contributed by atoms with Crippen molar-refractivity contribution in [2.75, 3.05) is 0 Å². The lowest BCUT2D eigenvalue weighted by Crippen LogP contribution is -2.23. The van der Waals surface area contributed by atoms with Gasteiger partial charge in [-0.15, -0.1) is 0 Å². The standard InChI is InChI=1S/C13H7ClF3N3O3/c14-9-3-8(13(15,16)17)4-20(12(9)21)5-10-18-11(23-19-10)7-1-2-22-6-7/h1-4,6H,5H2. The zero-order valence-electron chi connectivity index (χ0n) is 11.2. The topological polar surface area (TPSA) is 74.1 Å². The molecule has 23 heavy (non-hydrogen) atoms. The Kier molecular flexibility index (Phi) is 3.72. The number of alkyl halides is 3. The first-order valence-corrected chi connectivity index (χ1v) is 6.55. The lowest BCUT2D eigenvalue weighted by molar-refractivity contribution is -0.138. The van der Waals surface area contributed by atoms with Crippen LogP contribution in [0.3, 0.4) is 0 Å². The molecule has 0 radical (unpaired) electrons. The molecule has 0 saturated heterocycles. The van der Waals surface area contributed by atoms with E-state index in [4.69, 9.17) is 20.5 Å². The van der Waals surface area contributed by atoms with Crippen LogP contribution in [0.4, 0.5) is 13.2 Å². The summed E-state index contributed by atoms with van der Waals surface area (Å²) < 4.78 is 48.9. The molecule has 0 aromatic carbocycles. The van der Waals surface area contributed by atoms with Gasteiger partial charge in [-0.25, -0.2) is 0 Å². The molecule has 0 aliphatic heterocycles. The number of hydrogen-bond acceptors (Lipinski definition) is 5. The van der Waals surface area contributed by atoms with Crippen molar-refractivity contribution in [2.45, 2.75) is 12.7 Å². The largest absolute Gasteiger partial charge is 0.472 e. The third-order valence-electron chi connectivity index (χ3n) is 2.92. The molecule has 0 amide bonds. The van der Waals surface area contributed by atoms with Crippen molar-refractivity contribution >= 4 is 11.6 Å². The lowest BCUT2D eigenvalue weighted by atomic mass is 10.2. The summed E-state index contributed by atoms with van der Waals surface area (Å²) in [4.78, 5) is 15.8. The molecular weight excluding hydrogens is 339 g/mol. The SMILES string of the molecule is O=c1c(Cl)cc(C(F)(F)F)cn1Cc1noc(-c2ccoc2)n1. The van der Waals surface area contributed by atoms with Crippen LogP contribution in [-0.2, 0) is 12.7 Å². The van der Waals surface area contributed by atoms with Crippen LogP contribution in [0.5, 0.6) is 0 Å². The minimum atomic E-state index is -4.63. The summed E-state index contributed by atoms with van der Waals surface area (Å²) >= 11 is 5.57. The van der Waals surface area contributed by atoms with Gasteiger partial charge in [0.05, 0.1) is 23.9 Å². The summed E-state index contributed by atoms with van der Waals surface area (Å²) in [5.41, 5.74) is -1.31. The first kappa shape index (κ1) is 15.3. The van der Waals surface area contributed by atoms with Gasteiger partial charge in [-0.05, 0) is 12.1 Å². The quantitative estimate of drug-likeness (QED) is 0.728. The summed E-state index contributed by atoms with van der Waals surface area (Å²) in [6.45, 7) is -0.316. The Hall–Kier alpha value is -2.55. The van der Waals surface area contributed by atoms with E-state index in [1.165, 1.54) is 12.5 Å². The van der Waals surface area contributed by atoms with Gasteiger partial charge in [0.15, 0.2) is 5.82 Å². The highest BCUT2D eigenvalue weighted by Crippen LogP contribution is 2.29. The lowest BCUT2D eigenvalue weighted by Gasteiger charge is -2.10. The molecule has 3 heterocycles. The Bertz CT molecular complexity index is 884. The van der Waals surface area contributed by atoms with Gasteiger partial charge in [-0.1, -0.05) is 16.8 Å². The van der Waals surface area contributed by atoms with Gasteiger partial charge in [-0.2, -0.15) is 18.2 Å². The molecule has 3 rings (SSSR count). The van der Waals surface area contributed by atoms with Gasteiger partial charge in [0.1, 0.15) is 11.3 Å². The zero-order chi connectivity index (χ0) is 16.6. The summed E-state index contributed by atoms with van der Waals surface area (Å²) in [6, 6.07) is 2.15. The second kappa shape index (κ2) is 5.58. The first-order chi connectivity index (χ1) is 10.8. The molecule has 0 atom stereocenters. The molecule has 0 N–H and O–H groups in total. The number of halogens is 4. The molecular formula is C13H7ClF3N3O3. The maximum Gasteiger partial charge on any atom is 0.417 e. The highest BCUT2D eigenvalue weighted by atomic mass is 35.5. The molecule has 0 saturated carbocycles. The van der Waals surface area contributed by atoms with E-state index in [1.54, 1.807) is 6.07 Å². The van der Waals surface area contributed by atoms with E-state index < -0.39 is 22.3 Å². The summed E-state index contributed by atoms with van der Waals surface area (Å²) in [5.74, 6) is 0.151. The molecule has 0 aliphatic carbocycles. The second-order valence-corrected chi connectivity index (χ2v) is 4.94. The minimum absolute atomic E-state index is 0.0266. The number of pyridine rings is 1. The Morgan fingerprint density at radius 3 is 2.78 bits per heavy atom. The van der Waals surface area contributed by atoms with Crippen LogP contribution in [-0.4, -0.2) is 14.7 Å². The Balaban J connectivity index is 1.94. The van der Waals surface area contributed by atoms with Gasteiger partial charge in [0.25, 0.3) is 11.4 Å². The van der Waals surface area contributed by atoms with Gasteiger partial charge in [-0.3, -0.25) is 4.79 Å². The molecule has 6 nitrogen and oxygen atoms in total. The van der Waals surface area contributed by atoms with E-state index in [9.17, 15) is 18.0 Å². The van der Waals surface area contributed by atoms with Crippen molar-refractivity contribution in [1.82, 2.24) is 14.7 Å². The fourth-order valence-corrected chi connectivity index (χ4v) is 2.07. The fraction of sp³-hybridized carbons (Fsp3) is 0.154. The number of nitrogens with zero attached hydrogens (tertiary/aromatic N) is 3. The van der Waals surface area contributed by atoms with Gasteiger partial charge in [0.2, 0.25) is 0 Å². The molecule has 0 spiro atoms. The Labute approximate surface area is 131 Å². The number of rotatable bonds is 3. The molecule has 0 fully saturated rings. The van der Waals surface area contributed by atoms with Crippen molar-refractivity contribution in [3.8, 4) is 11.5 Å². The third-order valence-corrected chi connectivity index (χ3v) is 3.19. The van der Waals surface area contributed by atoms with Crippen LogP contribution < -0.4 is 5.56 Å². The first-order valence-electron chi connectivity index (χ1n) is 6.17. The highest BCUT2D eigenvalue weighted by Gasteiger charge is 2.32. The van der Waals surface area contributed by atoms with E-state index in [0.29, 0.717) is 17.8 Å². The average Bonchev–Trinajstić information content (AvgIpc) is 3.13. The summed E-state index contributed by atoms with van der Waals surface area (Å²) in [7, 11) is 0. The van der Waals surface area contributed by atoms with Crippen LogP contribution in [0, 0.1) is 0 Å². The Morgan fingerprint density at radius 2 is 2.13 bits per heavy atom. The van der Waals surface area contributed by atoms with Crippen LogP contribution in [0.15, 0.2) is 44.6 Å². The molecule has 3 aromatic heterocycles. The average molecular weight is 346 g/mol. The van der Waals surface area contributed by atoms with Crippen LogP contribution >= 0.6 is 11.6 Å². The van der Waals surface area contributed by atoms with E-state index in [1.807, 2.05) is 0 Å². The number of aromatic nitrogens is 3. The predicted octanol–water partition coefficient (Wildman–Crippen LogP) is 3.21. The zero-order valence-corrected chi connectivity index (χ0v) is 11.9.